The number of anilines is 1. The average molecular weight is 469 g/mol. The van der Waals surface area contributed by atoms with Crippen LogP contribution in [0, 0.1) is 6.92 Å². The summed E-state index contributed by atoms with van der Waals surface area (Å²) in [7, 11) is 0. The van der Waals surface area contributed by atoms with Crippen molar-refractivity contribution >= 4 is 23.0 Å². The molecule has 1 N–H and O–H groups in total. The van der Waals surface area contributed by atoms with Gasteiger partial charge in [-0.2, -0.15) is 0 Å². The number of hydrogen-bond donors (Lipinski definition) is 1. The minimum atomic E-state index is -0.0984. The number of pyridine rings is 1. The second-order valence-electron chi connectivity index (χ2n) is 8.80. The van der Waals surface area contributed by atoms with Crippen molar-refractivity contribution in [2.24, 2.45) is 0 Å². The van der Waals surface area contributed by atoms with Gasteiger partial charge < -0.3 is 19.5 Å². The van der Waals surface area contributed by atoms with E-state index in [9.17, 15) is 0 Å². The lowest BCUT2D eigenvalue weighted by Gasteiger charge is -2.29. The van der Waals surface area contributed by atoms with E-state index >= 15 is 0 Å². The Morgan fingerprint density at radius 2 is 1.76 bits per heavy atom. The van der Waals surface area contributed by atoms with Crippen molar-refractivity contribution in [3.05, 3.63) is 108 Å². The summed E-state index contributed by atoms with van der Waals surface area (Å²) < 4.78 is 8.10. The molecule has 3 heterocycles. The summed E-state index contributed by atoms with van der Waals surface area (Å²) in [5.74, 6) is 0.845. The van der Waals surface area contributed by atoms with E-state index in [0.717, 1.165) is 28.5 Å². The zero-order valence-corrected chi connectivity index (χ0v) is 20.4. The number of thiocarbonyl (C=S) groups is 1. The zero-order chi connectivity index (χ0) is 23.7. The van der Waals surface area contributed by atoms with E-state index in [1.54, 1.807) is 0 Å². The molecule has 1 aliphatic rings. The average Bonchev–Trinajstić information content (AvgIpc) is 3.44. The molecule has 0 unspecified atom stereocenters. The van der Waals surface area contributed by atoms with E-state index in [4.69, 9.17) is 17.0 Å². The molecular weight excluding hydrogens is 440 g/mol. The Balaban J connectivity index is 1.61. The van der Waals surface area contributed by atoms with Crippen LogP contribution in [-0.2, 0) is 0 Å². The summed E-state index contributed by atoms with van der Waals surface area (Å²) in [4.78, 5) is 6.86. The molecule has 4 aromatic rings. The predicted molar refractivity (Wildman–Crippen MR) is 141 cm³/mol. The van der Waals surface area contributed by atoms with E-state index < -0.39 is 0 Å². The maximum atomic E-state index is 5.88. The van der Waals surface area contributed by atoms with Crippen LogP contribution in [0.1, 0.15) is 42.9 Å². The van der Waals surface area contributed by atoms with Gasteiger partial charge in [0.25, 0.3) is 0 Å². The summed E-state index contributed by atoms with van der Waals surface area (Å²) in [6, 6.07) is 26.8. The van der Waals surface area contributed by atoms with Gasteiger partial charge >= 0.3 is 0 Å². The second kappa shape index (κ2) is 9.31. The molecule has 172 valence electrons. The number of benzene rings is 2. The monoisotopic (exact) mass is 468 g/mol. The first-order valence-corrected chi connectivity index (χ1v) is 11.9. The summed E-state index contributed by atoms with van der Waals surface area (Å²) in [5.41, 5.74) is 5.44. The Kier molecular flexibility index (Phi) is 6.07. The number of aryl methyl sites for hydroxylation is 1. The smallest absolute Gasteiger partial charge is 0.174 e. The topological polar surface area (TPSA) is 42.3 Å². The van der Waals surface area contributed by atoms with Gasteiger partial charge in [-0.25, -0.2) is 0 Å². The van der Waals surface area contributed by atoms with Crippen LogP contribution in [0.25, 0.3) is 5.69 Å². The molecule has 2 atom stereocenters. The third-order valence-corrected chi connectivity index (χ3v) is 6.26. The number of rotatable bonds is 6. The van der Waals surface area contributed by atoms with Crippen LogP contribution in [0.4, 0.5) is 5.69 Å². The van der Waals surface area contributed by atoms with E-state index in [0.29, 0.717) is 5.11 Å². The lowest BCUT2D eigenvalue weighted by Crippen LogP contribution is -2.30. The molecule has 0 saturated carbocycles. The van der Waals surface area contributed by atoms with Crippen LogP contribution in [0.3, 0.4) is 0 Å². The van der Waals surface area contributed by atoms with Gasteiger partial charge in [0.1, 0.15) is 11.8 Å². The van der Waals surface area contributed by atoms with Crippen molar-refractivity contribution < 1.29 is 4.74 Å². The maximum absolute atomic E-state index is 5.88. The van der Waals surface area contributed by atoms with Crippen LogP contribution >= 0.6 is 12.2 Å². The molecule has 5 rings (SSSR count). The highest BCUT2D eigenvalue weighted by Gasteiger charge is 2.42. The lowest BCUT2D eigenvalue weighted by atomic mass is 10.0. The van der Waals surface area contributed by atoms with Crippen LogP contribution in [0.2, 0.25) is 0 Å². The van der Waals surface area contributed by atoms with Gasteiger partial charge in [0.05, 0.1) is 17.8 Å². The Morgan fingerprint density at radius 3 is 2.47 bits per heavy atom. The number of nitrogens with one attached hydrogen (secondary N) is 1. The van der Waals surface area contributed by atoms with Gasteiger partial charge in [-0.15, -0.1) is 0 Å². The minimum absolute atomic E-state index is 0.0882. The molecule has 2 aromatic carbocycles. The van der Waals surface area contributed by atoms with E-state index in [1.807, 2.05) is 44.3 Å². The van der Waals surface area contributed by atoms with Gasteiger partial charge in [-0.3, -0.25) is 4.98 Å². The lowest BCUT2D eigenvalue weighted by molar-refractivity contribution is 0.242. The highest BCUT2D eigenvalue weighted by molar-refractivity contribution is 7.80. The molecule has 5 nitrogen and oxygen atoms in total. The Labute approximate surface area is 206 Å². The van der Waals surface area contributed by atoms with E-state index in [2.05, 4.69) is 87.5 Å². The molecule has 2 aromatic heterocycles. The molecule has 1 saturated heterocycles. The highest BCUT2D eigenvalue weighted by Crippen LogP contribution is 2.42. The van der Waals surface area contributed by atoms with Crippen molar-refractivity contribution in [1.82, 2.24) is 14.9 Å². The first-order valence-electron chi connectivity index (χ1n) is 11.5. The van der Waals surface area contributed by atoms with Crippen molar-refractivity contribution in [2.75, 3.05) is 4.90 Å². The van der Waals surface area contributed by atoms with Crippen molar-refractivity contribution in [3.8, 4) is 11.4 Å². The summed E-state index contributed by atoms with van der Waals surface area (Å²) in [6.45, 7) is 6.17. The summed E-state index contributed by atoms with van der Waals surface area (Å²) in [6.07, 6.45) is 4.06. The molecule has 1 aliphatic heterocycles. The van der Waals surface area contributed by atoms with Crippen molar-refractivity contribution in [3.63, 3.8) is 0 Å². The Morgan fingerprint density at radius 1 is 0.941 bits per heavy atom. The van der Waals surface area contributed by atoms with Crippen molar-refractivity contribution in [2.45, 2.75) is 39.0 Å². The normalized spacial score (nSPS) is 17.8. The summed E-state index contributed by atoms with van der Waals surface area (Å²) in [5, 5.41) is 4.22. The SMILES string of the molecule is Cc1cccc(-n2cccc2[C@@H]2[C@H](c3ccccn3)NC(=S)N2c2ccc(OC(C)C)cc2)c1. The van der Waals surface area contributed by atoms with Gasteiger partial charge in [0, 0.05) is 29.5 Å². The van der Waals surface area contributed by atoms with E-state index in [-0.39, 0.29) is 18.2 Å². The highest BCUT2D eigenvalue weighted by atomic mass is 32.1. The number of ether oxygens (including phenoxy) is 1. The molecular formula is C28H28N4OS. The standard InChI is InChI=1S/C28H28N4OS/c1-19(2)33-23-14-12-21(13-15-23)32-27(26(30-28(32)34)24-10-4-5-16-29-24)25-11-7-17-31(25)22-9-6-8-20(3)18-22/h4-19,26-27H,1-3H3,(H,30,34)/t26-,27+/m0/s1. The fourth-order valence-electron chi connectivity index (χ4n) is 4.54. The van der Waals surface area contributed by atoms with E-state index in [1.165, 1.54) is 5.56 Å². The molecule has 1 fully saturated rings. The van der Waals surface area contributed by atoms with Gasteiger partial charge in [-0.05, 0) is 99.2 Å². The fraction of sp³-hybridized carbons (Fsp3) is 0.214. The van der Waals surface area contributed by atoms with Gasteiger partial charge in [-0.1, -0.05) is 18.2 Å². The first kappa shape index (κ1) is 22.2. The Hall–Kier alpha value is -3.64. The molecule has 34 heavy (non-hydrogen) atoms. The van der Waals surface area contributed by atoms with Crippen LogP contribution < -0.4 is 15.0 Å². The van der Waals surface area contributed by atoms with Gasteiger partial charge in [0.2, 0.25) is 0 Å². The quantitative estimate of drug-likeness (QED) is 0.344. The molecule has 0 spiro atoms. The zero-order valence-electron chi connectivity index (χ0n) is 19.6. The first-order chi connectivity index (χ1) is 16.5. The van der Waals surface area contributed by atoms with Gasteiger partial charge in [0.15, 0.2) is 5.11 Å². The molecule has 6 heteroatoms. The minimum Gasteiger partial charge on any atom is -0.491 e. The third kappa shape index (κ3) is 4.29. The fourth-order valence-corrected chi connectivity index (χ4v) is 4.88. The third-order valence-electron chi connectivity index (χ3n) is 5.95. The van der Waals surface area contributed by atoms with Crippen molar-refractivity contribution in [1.29, 1.82) is 0 Å². The second-order valence-corrected chi connectivity index (χ2v) is 9.19. The molecule has 0 bridgehead atoms. The molecule has 0 aliphatic carbocycles. The molecule has 0 amide bonds. The largest absolute Gasteiger partial charge is 0.491 e. The van der Waals surface area contributed by atoms with Crippen LogP contribution in [0.15, 0.2) is 91.3 Å². The predicted octanol–water partition coefficient (Wildman–Crippen LogP) is 6.15. The maximum Gasteiger partial charge on any atom is 0.174 e. The summed E-state index contributed by atoms with van der Waals surface area (Å²) >= 11 is 5.88. The molecule has 0 radical (unpaired) electrons. The number of nitrogens with zero attached hydrogens (tertiary/aromatic N) is 3. The van der Waals surface area contributed by atoms with Crippen LogP contribution in [-0.4, -0.2) is 20.8 Å². The van der Waals surface area contributed by atoms with Crippen LogP contribution in [0.5, 0.6) is 5.75 Å². The Bertz CT molecular complexity index is 1280. The number of aromatic nitrogens is 2. The number of hydrogen-bond acceptors (Lipinski definition) is 3.